The van der Waals surface area contributed by atoms with Gasteiger partial charge in [-0.05, 0) is 24.1 Å². The van der Waals surface area contributed by atoms with Crippen LogP contribution in [0, 0.1) is 0 Å². The van der Waals surface area contributed by atoms with E-state index in [2.05, 4.69) is 5.32 Å². The summed E-state index contributed by atoms with van der Waals surface area (Å²) in [7, 11) is 1.76. The van der Waals surface area contributed by atoms with E-state index in [1.54, 1.807) is 18.5 Å². The van der Waals surface area contributed by atoms with E-state index in [-0.39, 0.29) is 0 Å². The van der Waals surface area contributed by atoms with Crippen LogP contribution < -0.4 is 5.32 Å². The Morgan fingerprint density at radius 2 is 2.15 bits per heavy atom. The molecule has 0 bridgehead atoms. The van der Waals surface area contributed by atoms with Crippen LogP contribution in [0.15, 0.2) is 11.4 Å². The first-order chi connectivity index (χ1) is 6.01. The third-order valence-electron chi connectivity index (χ3n) is 1.46. The third-order valence-corrected chi connectivity index (χ3v) is 2.45. The van der Waals surface area contributed by atoms with Crippen LogP contribution in [0.25, 0.3) is 0 Å². The molecule has 1 nitrogen and oxygen atoms in total. The summed E-state index contributed by atoms with van der Waals surface area (Å²) in [6.45, 7) is 0.619. The molecule has 0 unspecified atom stereocenters. The Hall–Kier alpha value is -0.550. The summed E-state index contributed by atoms with van der Waals surface area (Å²) in [5.41, 5.74) is 0.909. The highest BCUT2D eigenvalue weighted by atomic mass is 32.1. The Morgan fingerprint density at radius 1 is 1.46 bits per heavy atom. The topological polar surface area (TPSA) is 12.0 Å². The summed E-state index contributed by atoms with van der Waals surface area (Å²) in [5, 5.41) is 4.63. The molecule has 0 atom stereocenters. The van der Waals surface area contributed by atoms with Crippen LogP contribution in [0.1, 0.15) is 10.4 Å². The van der Waals surface area contributed by atoms with Crippen molar-refractivity contribution < 1.29 is 13.2 Å². The average Bonchev–Trinajstić information content (AvgIpc) is 2.33. The Bertz CT molecular complexity index is 267. The fourth-order valence-electron chi connectivity index (χ4n) is 1.01. The normalized spacial score (nSPS) is 12.0. The largest absolute Gasteiger partial charge is 0.393 e. The second kappa shape index (κ2) is 4.11. The smallest absolute Gasteiger partial charge is 0.316 e. The second-order valence-corrected chi connectivity index (χ2v) is 3.74. The zero-order valence-electron chi connectivity index (χ0n) is 7.11. The van der Waals surface area contributed by atoms with Gasteiger partial charge in [-0.15, -0.1) is 11.3 Å². The van der Waals surface area contributed by atoms with Gasteiger partial charge in [0.2, 0.25) is 0 Å². The van der Waals surface area contributed by atoms with Crippen molar-refractivity contribution in [1.82, 2.24) is 5.32 Å². The molecule has 0 amide bonds. The van der Waals surface area contributed by atoms with Gasteiger partial charge in [-0.3, -0.25) is 0 Å². The Morgan fingerprint density at radius 3 is 2.69 bits per heavy atom. The summed E-state index contributed by atoms with van der Waals surface area (Å²) < 4.78 is 35.8. The highest BCUT2D eigenvalue weighted by Crippen LogP contribution is 2.25. The lowest BCUT2D eigenvalue weighted by atomic mass is 10.2. The summed E-state index contributed by atoms with van der Waals surface area (Å²) in [6.07, 6.45) is -4.91. The van der Waals surface area contributed by atoms with Gasteiger partial charge in [-0.25, -0.2) is 0 Å². The zero-order chi connectivity index (χ0) is 9.90. The molecule has 0 spiro atoms. The van der Waals surface area contributed by atoms with Gasteiger partial charge >= 0.3 is 6.18 Å². The predicted octanol–water partition coefficient (Wildman–Crippen LogP) is 2.57. The van der Waals surface area contributed by atoms with E-state index < -0.39 is 12.6 Å². The van der Waals surface area contributed by atoms with Gasteiger partial charge in [-0.1, -0.05) is 0 Å². The molecule has 0 saturated heterocycles. The van der Waals surface area contributed by atoms with Crippen molar-refractivity contribution in [1.29, 1.82) is 0 Å². The molecule has 0 radical (unpaired) electrons. The Balaban J connectivity index is 2.59. The lowest BCUT2D eigenvalue weighted by Gasteiger charge is -2.02. The maximum atomic E-state index is 11.9. The predicted molar refractivity (Wildman–Crippen MR) is 46.8 cm³/mol. The highest BCUT2D eigenvalue weighted by Gasteiger charge is 2.28. The molecule has 1 aromatic rings. The maximum absolute atomic E-state index is 11.9. The quantitative estimate of drug-likeness (QED) is 0.806. The van der Waals surface area contributed by atoms with E-state index in [9.17, 15) is 13.2 Å². The average molecular weight is 209 g/mol. The highest BCUT2D eigenvalue weighted by molar-refractivity contribution is 7.10. The molecular weight excluding hydrogens is 199 g/mol. The summed E-state index contributed by atoms with van der Waals surface area (Å²) >= 11 is 1.16. The maximum Gasteiger partial charge on any atom is 0.393 e. The Labute approximate surface area is 78.6 Å². The number of alkyl halides is 3. The monoisotopic (exact) mass is 209 g/mol. The Kier molecular flexibility index (Phi) is 3.33. The van der Waals surface area contributed by atoms with Gasteiger partial charge in [0.05, 0.1) is 6.42 Å². The third kappa shape index (κ3) is 3.78. The number of halogens is 3. The molecule has 13 heavy (non-hydrogen) atoms. The van der Waals surface area contributed by atoms with Crippen LogP contribution in [0.3, 0.4) is 0 Å². The van der Waals surface area contributed by atoms with Gasteiger partial charge in [0.1, 0.15) is 0 Å². The number of thiophene rings is 1. The minimum atomic E-state index is -4.10. The molecule has 0 aliphatic rings. The van der Waals surface area contributed by atoms with E-state index >= 15 is 0 Å². The van der Waals surface area contributed by atoms with Crippen LogP contribution in [-0.4, -0.2) is 13.2 Å². The van der Waals surface area contributed by atoms with Gasteiger partial charge in [0, 0.05) is 11.4 Å². The molecule has 0 aliphatic carbocycles. The van der Waals surface area contributed by atoms with Crippen molar-refractivity contribution in [2.45, 2.75) is 19.1 Å². The van der Waals surface area contributed by atoms with E-state index in [0.29, 0.717) is 11.4 Å². The number of hydrogen-bond donors (Lipinski definition) is 1. The van der Waals surface area contributed by atoms with Crippen LogP contribution >= 0.6 is 11.3 Å². The van der Waals surface area contributed by atoms with Crippen molar-refractivity contribution in [2.75, 3.05) is 7.05 Å². The van der Waals surface area contributed by atoms with Gasteiger partial charge in [0.25, 0.3) is 0 Å². The molecule has 1 rings (SSSR count). The fourth-order valence-corrected chi connectivity index (χ4v) is 1.93. The first-order valence-electron chi connectivity index (χ1n) is 3.79. The first-order valence-corrected chi connectivity index (χ1v) is 4.67. The van der Waals surface area contributed by atoms with Crippen LogP contribution in [-0.2, 0) is 13.0 Å². The van der Waals surface area contributed by atoms with Gasteiger partial charge in [0.15, 0.2) is 0 Å². The summed E-state index contributed by atoms with van der Waals surface area (Å²) in [5.74, 6) is 0. The van der Waals surface area contributed by atoms with Crippen molar-refractivity contribution in [3.63, 3.8) is 0 Å². The number of rotatable bonds is 3. The standard InChI is InChI=1S/C8H10F3NS/c1-12-4-6-2-7(13-5-6)3-8(9,10)11/h2,5,12H,3-4H2,1H3. The molecule has 0 aliphatic heterocycles. The van der Waals surface area contributed by atoms with E-state index in [1.165, 1.54) is 0 Å². The molecule has 74 valence electrons. The molecule has 0 fully saturated rings. The van der Waals surface area contributed by atoms with E-state index in [0.717, 1.165) is 16.9 Å². The zero-order valence-corrected chi connectivity index (χ0v) is 7.93. The summed E-state index contributed by atoms with van der Waals surface area (Å²) in [6, 6.07) is 1.59. The molecule has 1 aromatic heterocycles. The van der Waals surface area contributed by atoms with Gasteiger partial charge < -0.3 is 5.32 Å². The molecule has 1 N–H and O–H groups in total. The van der Waals surface area contributed by atoms with Crippen molar-refractivity contribution in [3.8, 4) is 0 Å². The molecule has 1 heterocycles. The van der Waals surface area contributed by atoms with Gasteiger partial charge in [-0.2, -0.15) is 13.2 Å². The first kappa shape index (κ1) is 10.5. The lowest BCUT2D eigenvalue weighted by Crippen LogP contribution is -2.10. The molecule has 0 saturated carbocycles. The lowest BCUT2D eigenvalue weighted by molar-refractivity contribution is -0.126. The van der Waals surface area contributed by atoms with E-state index in [1.807, 2.05) is 0 Å². The summed E-state index contributed by atoms with van der Waals surface area (Å²) in [4.78, 5) is 0.373. The van der Waals surface area contributed by atoms with Crippen LogP contribution in [0.4, 0.5) is 13.2 Å². The van der Waals surface area contributed by atoms with Crippen molar-refractivity contribution >= 4 is 11.3 Å². The second-order valence-electron chi connectivity index (χ2n) is 2.74. The van der Waals surface area contributed by atoms with E-state index in [4.69, 9.17) is 0 Å². The molecular formula is C8H10F3NS. The minimum Gasteiger partial charge on any atom is -0.316 e. The van der Waals surface area contributed by atoms with Crippen LogP contribution in [0.2, 0.25) is 0 Å². The van der Waals surface area contributed by atoms with Crippen molar-refractivity contribution in [3.05, 3.63) is 21.9 Å². The minimum absolute atomic E-state index is 0.373. The van der Waals surface area contributed by atoms with Crippen molar-refractivity contribution in [2.24, 2.45) is 0 Å². The molecule has 0 aromatic carbocycles. The fraction of sp³-hybridized carbons (Fsp3) is 0.500. The SMILES string of the molecule is CNCc1csc(CC(F)(F)F)c1. The number of nitrogens with one attached hydrogen (secondary N) is 1. The number of hydrogen-bond acceptors (Lipinski definition) is 2. The molecule has 5 heteroatoms. The van der Waals surface area contributed by atoms with Crippen LogP contribution in [0.5, 0.6) is 0 Å².